The molecule has 41 heavy (non-hydrogen) atoms. The summed E-state index contributed by atoms with van der Waals surface area (Å²) in [6.45, 7) is -1.97. The highest BCUT2D eigenvalue weighted by Crippen LogP contribution is 2.49. The fourth-order valence-corrected chi connectivity index (χ4v) is 2.86. The Balaban J connectivity index is 5.00. The summed E-state index contributed by atoms with van der Waals surface area (Å²) in [5.41, 5.74) is 0. The normalized spacial score (nSPS) is 15.9. The largest absolute Gasteiger partial charge is 0.460 e. The zero-order valence-corrected chi connectivity index (χ0v) is 20.6. The highest BCUT2D eigenvalue weighted by Gasteiger charge is 2.75. The fraction of sp³-hybridized carbons (Fsp3) is 1.00. The van der Waals surface area contributed by atoms with Crippen molar-refractivity contribution in [2.75, 3.05) is 13.1 Å². The quantitative estimate of drug-likeness (QED) is 0.105. The van der Waals surface area contributed by atoms with Crippen molar-refractivity contribution in [1.29, 1.82) is 0 Å². The van der Waals surface area contributed by atoms with E-state index in [1.165, 1.54) is 0 Å². The highest BCUT2D eigenvalue weighted by molar-refractivity contribution is 7.87. The van der Waals surface area contributed by atoms with E-state index in [4.69, 9.17) is 9.11 Å². The third kappa shape index (κ3) is 8.80. The molecule has 0 rings (SSSR count). The predicted octanol–water partition coefficient (Wildman–Crippen LogP) is 4.77. The summed E-state index contributed by atoms with van der Waals surface area (Å²) >= 11 is 0. The van der Waals surface area contributed by atoms with Crippen LogP contribution >= 0.6 is 0 Å². The van der Waals surface area contributed by atoms with Gasteiger partial charge in [-0.3, -0.25) is 9.11 Å². The molecule has 0 spiro atoms. The SMILES string of the molecule is O=S(=O)(O)C(F)(F)C(F)(F)OC(F)(F)C(F)(F)CCCNCCCC(F)(F)C(F)(F)OC(F)(F)C(F)(F)S(=O)(=O)O. The second-order valence-corrected chi connectivity index (χ2v) is 10.5. The molecule has 3 N–H and O–H groups in total. The maximum Gasteiger partial charge on any atom is 0.460 e. The van der Waals surface area contributed by atoms with Gasteiger partial charge in [-0.25, -0.2) is 9.47 Å². The van der Waals surface area contributed by atoms with E-state index >= 15 is 0 Å². The number of halogens is 16. The predicted molar refractivity (Wildman–Crippen MR) is 96.2 cm³/mol. The van der Waals surface area contributed by atoms with Gasteiger partial charge in [0.05, 0.1) is 0 Å². The minimum Gasteiger partial charge on any atom is -0.317 e. The average Bonchev–Trinajstić information content (AvgIpc) is 2.69. The van der Waals surface area contributed by atoms with Gasteiger partial charge in [0, 0.05) is 12.8 Å². The van der Waals surface area contributed by atoms with Gasteiger partial charge >= 0.3 is 67.0 Å². The van der Waals surface area contributed by atoms with Gasteiger partial charge in [0.2, 0.25) is 0 Å². The third-order valence-corrected chi connectivity index (χ3v) is 6.15. The molecule has 0 aliphatic heterocycles. The van der Waals surface area contributed by atoms with E-state index in [-0.39, 0.29) is 0 Å². The Labute approximate surface area is 217 Å². The van der Waals surface area contributed by atoms with Gasteiger partial charge in [0.1, 0.15) is 0 Å². The summed E-state index contributed by atoms with van der Waals surface area (Å²) in [5.74, 6) is -11.5. The standard InChI is InChI=1S/C14H15F16NO8S2/c15-7(16,9(19,20)38-11(23,24)13(27,28)40(32,33)34)3-1-5-31-6-2-4-8(17,18)10(21,22)39-12(25,26)14(29,30)41(35,36)37/h31H,1-6H2,(H,32,33,34)(H,35,36,37). The Kier molecular flexibility index (Phi) is 11.5. The molecule has 27 heteroatoms. The first-order valence-corrected chi connectivity index (χ1v) is 12.6. The maximum atomic E-state index is 13.5. The monoisotopic (exact) mass is 693 g/mol. The van der Waals surface area contributed by atoms with E-state index in [0.29, 0.717) is 0 Å². The van der Waals surface area contributed by atoms with Gasteiger partial charge in [0.15, 0.2) is 0 Å². The van der Waals surface area contributed by atoms with Gasteiger partial charge in [-0.1, -0.05) is 0 Å². The zero-order chi connectivity index (χ0) is 33.4. The molecule has 0 aromatic rings. The summed E-state index contributed by atoms with van der Waals surface area (Å²) < 4.78 is 272. The number of hydrogen-bond acceptors (Lipinski definition) is 7. The van der Waals surface area contributed by atoms with E-state index in [0.717, 1.165) is 0 Å². The van der Waals surface area contributed by atoms with Crippen molar-refractivity contribution in [3.05, 3.63) is 0 Å². The first-order chi connectivity index (χ1) is 17.6. The molecule has 0 radical (unpaired) electrons. The van der Waals surface area contributed by atoms with Gasteiger partial charge in [-0.2, -0.15) is 87.1 Å². The van der Waals surface area contributed by atoms with Crippen molar-refractivity contribution in [2.24, 2.45) is 0 Å². The van der Waals surface area contributed by atoms with E-state index in [2.05, 4.69) is 0 Å². The third-order valence-electron chi connectivity index (χ3n) is 4.38. The van der Waals surface area contributed by atoms with Crippen LogP contribution in [0.25, 0.3) is 0 Å². The molecule has 0 aromatic heterocycles. The van der Waals surface area contributed by atoms with Crippen LogP contribution in [0.4, 0.5) is 70.2 Å². The summed E-state index contributed by atoms with van der Waals surface area (Å²) in [5, 5.41) is -11.8. The van der Waals surface area contributed by atoms with Crippen LogP contribution in [0.1, 0.15) is 25.7 Å². The van der Waals surface area contributed by atoms with Gasteiger partial charge in [-0.05, 0) is 25.9 Å². The van der Waals surface area contributed by atoms with Crippen molar-refractivity contribution in [3.8, 4) is 0 Å². The van der Waals surface area contributed by atoms with Crippen molar-refractivity contribution in [1.82, 2.24) is 5.32 Å². The smallest absolute Gasteiger partial charge is 0.317 e. The Morgan fingerprint density at radius 1 is 0.488 bits per heavy atom. The first-order valence-electron chi connectivity index (χ1n) is 9.69. The van der Waals surface area contributed by atoms with E-state index in [1.807, 2.05) is 14.8 Å². The van der Waals surface area contributed by atoms with Crippen molar-refractivity contribution < 1.29 is 106 Å². The van der Waals surface area contributed by atoms with Gasteiger partial charge in [-0.15, -0.1) is 0 Å². The Morgan fingerprint density at radius 2 is 0.732 bits per heavy atom. The van der Waals surface area contributed by atoms with E-state index in [1.54, 1.807) is 0 Å². The molecule has 0 amide bonds. The molecule has 248 valence electrons. The average molecular weight is 693 g/mol. The minimum absolute atomic E-state index is 0.986. The Bertz CT molecular complexity index is 1030. The van der Waals surface area contributed by atoms with Crippen LogP contribution in [0.3, 0.4) is 0 Å². The van der Waals surface area contributed by atoms with Crippen LogP contribution in [0.2, 0.25) is 0 Å². The van der Waals surface area contributed by atoms with E-state index in [9.17, 15) is 87.1 Å². The van der Waals surface area contributed by atoms with Crippen molar-refractivity contribution in [3.63, 3.8) is 0 Å². The molecule has 0 aliphatic rings. The van der Waals surface area contributed by atoms with Crippen LogP contribution in [0, 0.1) is 0 Å². The Morgan fingerprint density at radius 3 is 0.951 bits per heavy atom. The molecule has 9 nitrogen and oxygen atoms in total. The first kappa shape index (κ1) is 39.6. The molecular formula is C14H15F16NO8S2. The number of ether oxygens (including phenoxy) is 2. The number of rotatable bonds is 18. The second-order valence-electron chi connectivity index (χ2n) is 7.62. The second kappa shape index (κ2) is 11.9. The van der Waals surface area contributed by atoms with Crippen molar-refractivity contribution >= 4 is 20.2 Å². The molecule has 0 saturated carbocycles. The number of nitrogens with one attached hydrogen (secondary N) is 1. The van der Waals surface area contributed by atoms with Crippen LogP contribution in [-0.2, 0) is 29.7 Å². The molecule has 0 saturated heterocycles. The molecule has 0 heterocycles. The zero-order valence-electron chi connectivity index (χ0n) is 19.0. The lowest BCUT2D eigenvalue weighted by molar-refractivity contribution is -0.456. The lowest BCUT2D eigenvalue weighted by Crippen LogP contribution is -2.56. The lowest BCUT2D eigenvalue weighted by Gasteiger charge is -2.31. The fourth-order valence-electron chi connectivity index (χ4n) is 2.18. The van der Waals surface area contributed by atoms with Crippen LogP contribution in [0.15, 0.2) is 0 Å². The van der Waals surface area contributed by atoms with Crippen LogP contribution < -0.4 is 5.32 Å². The Hall–Kier alpha value is -1.42. The molecular weight excluding hydrogens is 678 g/mol. The summed E-state index contributed by atoms with van der Waals surface area (Å²) in [7, 11) is -14.3. The summed E-state index contributed by atoms with van der Waals surface area (Å²) in [6, 6.07) is 0. The van der Waals surface area contributed by atoms with Crippen LogP contribution in [-0.4, -0.2) is 85.8 Å². The topological polar surface area (TPSA) is 139 Å². The molecule has 0 aromatic carbocycles. The summed E-state index contributed by atoms with van der Waals surface area (Å²) in [4.78, 5) is 0. The van der Waals surface area contributed by atoms with Crippen molar-refractivity contribution in [2.45, 2.75) is 72.5 Å². The molecule has 0 atom stereocenters. The number of hydrogen-bond donors (Lipinski definition) is 3. The van der Waals surface area contributed by atoms with Crippen LogP contribution in [0.5, 0.6) is 0 Å². The highest BCUT2D eigenvalue weighted by atomic mass is 32.2. The van der Waals surface area contributed by atoms with Gasteiger partial charge < -0.3 is 5.32 Å². The maximum absolute atomic E-state index is 13.5. The molecule has 0 aliphatic carbocycles. The van der Waals surface area contributed by atoms with Gasteiger partial charge in [0.25, 0.3) is 0 Å². The van der Waals surface area contributed by atoms with E-state index < -0.39 is 106 Å². The minimum atomic E-state index is -7.16. The molecule has 0 fully saturated rings. The summed E-state index contributed by atoms with van der Waals surface area (Å²) in [6.07, 6.45) is -33.9. The molecule has 0 unspecified atom stereocenters. The molecule has 0 bridgehead atoms. The lowest BCUT2D eigenvalue weighted by atomic mass is 10.1. The number of alkyl halides is 16.